The van der Waals surface area contributed by atoms with Crippen molar-refractivity contribution in [2.75, 3.05) is 13.6 Å². The summed E-state index contributed by atoms with van der Waals surface area (Å²) in [6, 6.07) is 16.2. The van der Waals surface area contributed by atoms with Crippen LogP contribution in [0.5, 0.6) is 5.75 Å². The van der Waals surface area contributed by atoms with E-state index in [0.29, 0.717) is 17.4 Å². The number of carbonyl (C=O) groups is 1. The minimum Gasteiger partial charge on any atom is -0.493 e. The minimum atomic E-state index is -0.427. The second kappa shape index (κ2) is 8.87. The Morgan fingerprint density at radius 3 is 2.78 bits per heavy atom. The van der Waals surface area contributed by atoms with Crippen molar-refractivity contribution in [1.29, 1.82) is 0 Å². The number of nitrogens with one attached hydrogen (secondary N) is 2. The van der Waals surface area contributed by atoms with Gasteiger partial charge in [0.2, 0.25) is 0 Å². The molecule has 1 saturated carbocycles. The normalized spacial score (nSPS) is 19.5. The predicted molar refractivity (Wildman–Crippen MR) is 140 cm³/mol. The molecule has 2 aromatic heterocycles. The van der Waals surface area contributed by atoms with Gasteiger partial charge in [-0.05, 0) is 87.3 Å². The number of carbonyl (C=O) groups excluding carboxylic acids is 1. The van der Waals surface area contributed by atoms with Crippen molar-refractivity contribution >= 4 is 27.1 Å². The SMILES string of the molecule is Cc1ccc(O[C@@H]([Si])[C@@H]2CCN2C)cc1C(=O)NC1(c2cc(-c3ccn[nH]3)cc3ncccc23)CC1. The van der Waals surface area contributed by atoms with Gasteiger partial charge in [-0.3, -0.25) is 14.9 Å². The van der Waals surface area contributed by atoms with Crippen LogP contribution in [0.4, 0.5) is 0 Å². The van der Waals surface area contributed by atoms with Gasteiger partial charge in [-0.1, -0.05) is 12.1 Å². The number of ether oxygens (including phenoxy) is 1. The fourth-order valence-electron chi connectivity index (χ4n) is 5.08. The van der Waals surface area contributed by atoms with Gasteiger partial charge in [0.25, 0.3) is 5.91 Å². The first-order chi connectivity index (χ1) is 17.4. The maximum Gasteiger partial charge on any atom is 0.252 e. The number of likely N-dealkylation sites (N-methyl/N-ethyl adjacent to an activating group) is 1. The number of likely N-dealkylation sites (tertiary alicyclic amines) is 1. The van der Waals surface area contributed by atoms with Gasteiger partial charge in [0.1, 0.15) is 5.75 Å². The molecule has 1 aliphatic carbocycles. The van der Waals surface area contributed by atoms with Crippen LogP contribution in [-0.4, -0.2) is 61.6 Å². The summed E-state index contributed by atoms with van der Waals surface area (Å²) in [5.74, 6) is 0.595. The van der Waals surface area contributed by atoms with E-state index in [9.17, 15) is 4.79 Å². The number of aromatic amines is 1. The summed E-state index contributed by atoms with van der Waals surface area (Å²) in [6.45, 7) is 3.03. The third-order valence-corrected chi connectivity index (χ3v) is 8.06. The van der Waals surface area contributed by atoms with Crippen molar-refractivity contribution in [3.8, 4) is 17.0 Å². The largest absolute Gasteiger partial charge is 0.493 e. The summed E-state index contributed by atoms with van der Waals surface area (Å²) in [5, 5.41) is 11.6. The number of H-pyrrole nitrogens is 1. The van der Waals surface area contributed by atoms with Gasteiger partial charge < -0.3 is 15.0 Å². The van der Waals surface area contributed by atoms with Gasteiger partial charge in [-0.2, -0.15) is 5.10 Å². The molecule has 1 saturated heterocycles. The molecule has 1 amide bonds. The van der Waals surface area contributed by atoms with E-state index in [1.165, 1.54) is 0 Å². The lowest BCUT2D eigenvalue weighted by atomic mass is 9.95. The van der Waals surface area contributed by atoms with E-state index < -0.39 is 5.54 Å². The van der Waals surface area contributed by atoms with Crippen LogP contribution in [0.2, 0.25) is 0 Å². The van der Waals surface area contributed by atoms with Gasteiger partial charge >= 0.3 is 0 Å². The lowest BCUT2D eigenvalue weighted by molar-refractivity contribution is 0.0562. The van der Waals surface area contributed by atoms with E-state index in [0.717, 1.165) is 59.1 Å². The highest BCUT2D eigenvalue weighted by atomic mass is 28.1. The molecule has 0 spiro atoms. The zero-order valence-corrected chi connectivity index (χ0v) is 21.4. The molecule has 8 heteroatoms. The van der Waals surface area contributed by atoms with Gasteiger partial charge in [0.15, 0.2) is 0 Å². The van der Waals surface area contributed by atoms with E-state index in [4.69, 9.17) is 4.74 Å². The average Bonchev–Trinajstić information content (AvgIpc) is 3.42. The van der Waals surface area contributed by atoms with Crippen molar-refractivity contribution in [3.05, 3.63) is 77.6 Å². The van der Waals surface area contributed by atoms with E-state index in [2.05, 4.69) is 60.9 Å². The molecular formula is C28H28N5O2Si. The molecule has 181 valence electrons. The maximum absolute atomic E-state index is 13.6. The Labute approximate surface area is 213 Å². The highest BCUT2D eigenvalue weighted by molar-refractivity contribution is 6.11. The van der Waals surface area contributed by atoms with E-state index >= 15 is 0 Å². The van der Waals surface area contributed by atoms with Crippen molar-refractivity contribution < 1.29 is 9.53 Å². The van der Waals surface area contributed by atoms with Gasteiger partial charge in [0, 0.05) is 34.9 Å². The number of aromatic nitrogens is 3. The first-order valence-electron chi connectivity index (χ1n) is 12.3. The van der Waals surface area contributed by atoms with Crippen molar-refractivity contribution in [2.45, 2.75) is 43.5 Å². The Morgan fingerprint density at radius 2 is 2.08 bits per heavy atom. The number of amides is 1. The predicted octanol–water partition coefficient (Wildman–Crippen LogP) is 3.93. The number of pyridine rings is 1. The molecule has 4 aromatic rings. The molecule has 2 aliphatic rings. The standard InChI is InChI=1S/C28H28N5O2Si/c1-17-5-6-19(35-27(36)25-8-13-33(25)2)16-21(17)26(34)31-28(9-10-28)22-14-18(23-7-12-30-32-23)15-24-20(22)4-3-11-29-24/h3-7,11-12,14-16,25,27H,8-10,13H2,1-2H3,(H,30,32)(H,31,34)/t25-,27-/m0/s1. The third-order valence-electron chi connectivity index (χ3n) is 7.56. The summed E-state index contributed by atoms with van der Waals surface area (Å²) in [6.07, 6.45) is 6.38. The van der Waals surface area contributed by atoms with Crippen LogP contribution in [0.1, 0.15) is 40.7 Å². The number of fused-ring (bicyclic) bond motifs is 1. The first kappa shape index (κ1) is 22.9. The molecule has 1 aliphatic heterocycles. The molecule has 36 heavy (non-hydrogen) atoms. The van der Waals surface area contributed by atoms with Crippen LogP contribution in [0, 0.1) is 6.92 Å². The molecule has 6 rings (SSSR count). The van der Waals surface area contributed by atoms with Crippen LogP contribution >= 0.6 is 0 Å². The lowest BCUT2D eigenvalue weighted by Gasteiger charge is -2.41. The van der Waals surface area contributed by atoms with Crippen molar-refractivity contribution in [1.82, 2.24) is 25.4 Å². The highest BCUT2D eigenvalue weighted by Crippen LogP contribution is 2.49. The number of nitrogens with zero attached hydrogens (tertiary/aromatic N) is 3. The molecule has 0 bridgehead atoms. The Bertz CT molecular complexity index is 1430. The van der Waals surface area contributed by atoms with Gasteiger partial charge in [-0.25, -0.2) is 0 Å². The van der Waals surface area contributed by atoms with Gasteiger partial charge in [-0.15, -0.1) is 0 Å². The first-order valence-corrected chi connectivity index (χ1v) is 12.9. The summed E-state index contributed by atoms with van der Waals surface area (Å²) in [5.41, 5.74) is 4.91. The second-order valence-corrected chi connectivity index (χ2v) is 10.5. The molecule has 7 nitrogen and oxygen atoms in total. The number of benzene rings is 2. The zero-order valence-electron chi connectivity index (χ0n) is 20.4. The topological polar surface area (TPSA) is 83.1 Å². The number of aryl methyl sites for hydroxylation is 1. The van der Waals surface area contributed by atoms with Crippen LogP contribution < -0.4 is 10.1 Å². The maximum atomic E-state index is 13.6. The molecule has 3 radical (unpaired) electrons. The quantitative estimate of drug-likeness (QED) is 0.381. The van der Waals surface area contributed by atoms with Crippen LogP contribution in [-0.2, 0) is 5.54 Å². The fraction of sp³-hybridized carbons (Fsp3) is 0.321. The average molecular weight is 495 g/mol. The molecule has 2 aromatic carbocycles. The lowest BCUT2D eigenvalue weighted by Crippen LogP contribution is -2.53. The van der Waals surface area contributed by atoms with Crippen LogP contribution in [0.3, 0.4) is 0 Å². The van der Waals surface area contributed by atoms with E-state index in [1.54, 1.807) is 12.4 Å². The Morgan fingerprint density at radius 1 is 1.22 bits per heavy atom. The van der Waals surface area contributed by atoms with Gasteiger partial charge in [0.05, 0.1) is 32.7 Å². The van der Waals surface area contributed by atoms with Crippen LogP contribution in [0.15, 0.2) is 60.9 Å². The monoisotopic (exact) mass is 494 g/mol. The van der Waals surface area contributed by atoms with Crippen molar-refractivity contribution in [3.63, 3.8) is 0 Å². The molecule has 0 unspecified atom stereocenters. The summed E-state index contributed by atoms with van der Waals surface area (Å²) < 4.78 is 6.15. The third kappa shape index (κ3) is 4.10. The van der Waals surface area contributed by atoms with Crippen molar-refractivity contribution in [2.24, 2.45) is 0 Å². The summed E-state index contributed by atoms with van der Waals surface area (Å²) in [4.78, 5) is 20.5. The fourth-order valence-corrected chi connectivity index (χ4v) is 5.64. The second-order valence-electron chi connectivity index (χ2n) is 9.95. The molecule has 2 fully saturated rings. The Kier molecular flexibility index (Phi) is 5.65. The van der Waals surface area contributed by atoms with Crippen LogP contribution in [0.25, 0.3) is 22.2 Å². The Balaban J connectivity index is 1.30. The number of hydrogen-bond acceptors (Lipinski definition) is 5. The molecule has 2 N–H and O–H groups in total. The smallest absolute Gasteiger partial charge is 0.252 e. The number of rotatable bonds is 7. The molecule has 3 heterocycles. The minimum absolute atomic E-state index is 0.0919. The van der Waals surface area contributed by atoms with E-state index in [1.807, 2.05) is 37.3 Å². The van der Waals surface area contributed by atoms with E-state index in [-0.39, 0.29) is 11.6 Å². The summed E-state index contributed by atoms with van der Waals surface area (Å²) >= 11 is 0. The summed E-state index contributed by atoms with van der Waals surface area (Å²) in [7, 11) is 5.82. The Hall–Kier alpha value is -3.49. The highest BCUT2D eigenvalue weighted by Gasteiger charge is 2.47. The molecule has 2 atom stereocenters. The number of hydrogen-bond donors (Lipinski definition) is 2. The zero-order chi connectivity index (χ0) is 24.9. The molecular weight excluding hydrogens is 466 g/mol.